The van der Waals surface area contributed by atoms with Crippen molar-refractivity contribution >= 4 is 22.7 Å². The van der Waals surface area contributed by atoms with E-state index in [1.165, 1.54) is 22.0 Å². The standard InChI is InChI=1S/C17H18N2/c1-12(17-7-4-10-19-17)15-6-3-5-13-8-9-14(18-2)11-16(13)15/h3,5-12,18H,4H2,1-2H3. The summed E-state index contributed by atoms with van der Waals surface area (Å²) in [4.78, 5) is 4.48. The normalized spacial score (nSPS) is 15.6. The summed E-state index contributed by atoms with van der Waals surface area (Å²) in [6.45, 7) is 2.23. The van der Waals surface area contributed by atoms with E-state index in [1.807, 2.05) is 13.3 Å². The predicted molar refractivity (Wildman–Crippen MR) is 83.1 cm³/mol. The number of aliphatic imine (C=N–C) groups is 1. The van der Waals surface area contributed by atoms with Crippen LogP contribution in [0, 0.1) is 0 Å². The first-order valence-electron chi connectivity index (χ1n) is 6.72. The lowest BCUT2D eigenvalue weighted by atomic mass is 9.92. The molecule has 2 nitrogen and oxygen atoms in total. The maximum atomic E-state index is 4.48. The molecule has 0 fully saturated rings. The Balaban J connectivity index is 2.14. The maximum Gasteiger partial charge on any atom is 0.0435 e. The third kappa shape index (κ3) is 2.14. The Hall–Kier alpha value is -2.09. The summed E-state index contributed by atoms with van der Waals surface area (Å²) < 4.78 is 0. The van der Waals surface area contributed by atoms with Gasteiger partial charge in [-0.1, -0.05) is 37.3 Å². The first kappa shape index (κ1) is 12.0. The summed E-state index contributed by atoms with van der Waals surface area (Å²) in [6.07, 6.45) is 5.16. The van der Waals surface area contributed by atoms with Gasteiger partial charge in [0.15, 0.2) is 0 Å². The minimum atomic E-state index is 0.342. The van der Waals surface area contributed by atoms with E-state index in [4.69, 9.17) is 0 Å². The fourth-order valence-electron chi connectivity index (χ4n) is 2.66. The lowest BCUT2D eigenvalue weighted by molar-refractivity contribution is 0.892. The lowest BCUT2D eigenvalue weighted by Gasteiger charge is -2.15. The van der Waals surface area contributed by atoms with Crippen molar-refractivity contribution in [2.45, 2.75) is 19.3 Å². The predicted octanol–water partition coefficient (Wildman–Crippen LogP) is 4.34. The smallest absolute Gasteiger partial charge is 0.0435 e. The van der Waals surface area contributed by atoms with Gasteiger partial charge < -0.3 is 5.32 Å². The van der Waals surface area contributed by atoms with Crippen molar-refractivity contribution in [1.29, 1.82) is 0 Å². The fourth-order valence-corrected chi connectivity index (χ4v) is 2.66. The summed E-state index contributed by atoms with van der Waals surface area (Å²) >= 11 is 0. The molecule has 19 heavy (non-hydrogen) atoms. The summed E-state index contributed by atoms with van der Waals surface area (Å²) in [5.74, 6) is 0.342. The Kier molecular flexibility index (Phi) is 3.08. The van der Waals surface area contributed by atoms with Crippen molar-refractivity contribution in [1.82, 2.24) is 0 Å². The number of hydrogen-bond donors (Lipinski definition) is 1. The van der Waals surface area contributed by atoms with E-state index in [1.54, 1.807) is 0 Å². The SMILES string of the molecule is CNc1ccc2cccc(C(C)C3=CCC=N3)c2c1. The van der Waals surface area contributed by atoms with Crippen LogP contribution in [-0.4, -0.2) is 13.3 Å². The van der Waals surface area contributed by atoms with Crippen LogP contribution in [0.5, 0.6) is 0 Å². The molecule has 2 heteroatoms. The summed E-state index contributed by atoms with van der Waals surface area (Å²) in [5.41, 5.74) is 3.68. The average Bonchev–Trinajstić information content (AvgIpc) is 2.99. The van der Waals surface area contributed by atoms with E-state index >= 15 is 0 Å². The number of nitrogens with zero attached hydrogens (tertiary/aromatic N) is 1. The molecule has 3 rings (SSSR count). The van der Waals surface area contributed by atoms with Gasteiger partial charge in [0.1, 0.15) is 0 Å². The van der Waals surface area contributed by atoms with Crippen LogP contribution in [0.15, 0.2) is 53.2 Å². The Morgan fingerprint density at radius 2 is 2.11 bits per heavy atom. The van der Waals surface area contributed by atoms with E-state index in [2.05, 4.69) is 59.7 Å². The molecule has 0 radical (unpaired) electrons. The molecule has 1 heterocycles. The van der Waals surface area contributed by atoms with Crippen LogP contribution >= 0.6 is 0 Å². The van der Waals surface area contributed by atoms with Crippen LogP contribution in [0.2, 0.25) is 0 Å². The number of hydrogen-bond acceptors (Lipinski definition) is 2. The van der Waals surface area contributed by atoms with Gasteiger partial charge in [-0.15, -0.1) is 0 Å². The van der Waals surface area contributed by atoms with Crippen molar-refractivity contribution < 1.29 is 0 Å². The molecule has 0 amide bonds. The zero-order valence-electron chi connectivity index (χ0n) is 11.4. The minimum absolute atomic E-state index is 0.342. The first-order chi connectivity index (χ1) is 9.29. The number of fused-ring (bicyclic) bond motifs is 1. The molecule has 1 atom stereocenters. The molecule has 1 aliphatic heterocycles. The number of allylic oxidation sites excluding steroid dienone is 2. The number of benzene rings is 2. The number of anilines is 1. The molecule has 0 aliphatic carbocycles. The second-order valence-corrected chi connectivity index (χ2v) is 4.93. The minimum Gasteiger partial charge on any atom is -0.388 e. The first-order valence-corrected chi connectivity index (χ1v) is 6.72. The number of nitrogens with one attached hydrogen (secondary N) is 1. The molecule has 96 valence electrons. The summed E-state index contributed by atoms with van der Waals surface area (Å²) in [7, 11) is 1.96. The monoisotopic (exact) mass is 250 g/mol. The molecule has 1 unspecified atom stereocenters. The van der Waals surface area contributed by atoms with E-state index in [9.17, 15) is 0 Å². The highest BCUT2D eigenvalue weighted by Crippen LogP contribution is 2.33. The van der Waals surface area contributed by atoms with Crippen LogP contribution in [-0.2, 0) is 0 Å². The van der Waals surface area contributed by atoms with Crippen LogP contribution in [0.25, 0.3) is 10.8 Å². The second kappa shape index (κ2) is 4.88. The van der Waals surface area contributed by atoms with Gasteiger partial charge in [0.25, 0.3) is 0 Å². The molecular formula is C17H18N2. The third-order valence-corrected chi connectivity index (χ3v) is 3.79. The van der Waals surface area contributed by atoms with Gasteiger partial charge in [-0.3, -0.25) is 4.99 Å². The Morgan fingerprint density at radius 1 is 1.21 bits per heavy atom. The highest BCUT2D eigenvalue weighted by atomic mass is 14.8. The second-order valence-electron chi connectivity index (χ2n) is 4.93. The van der Waals surface area contributed by atoms with E-state index in [0.29, 0.717) is 5.92 Å². The molecule has 0 saturated carbocycles. The number of rotatable bonds is 3. The summed E-state index contributed by atoms with van der Waals surface area (Å²) in [6, 6.07) is 13.0. The van der Waals surface area contributed by atoms with Gasteiger partial charge in [0, 0.05) is 37.0 Å². The van der Waals surface area contributed by atoms with Crippen molar-refractivity contribution in [2.24, 2.45) is 4.99 Å². The molecule has 0 saturated heterocycles. The van der Waals surface area contributed by atoms with Gasteiger partial charge >= 0.3 is 0 Å². The molecular weight excluding hydrogens is 232 g/mol. The van der Waals surface area contributed by atoms with Crippen molar-refractivity contribution in [2.75, 3.05) is 12.4 Å². The van der Waals surface area contributed by atoms with Crippen LogP contribution < -0.4 is 5.32 Å². The molecule has 2 aromatic carbocycles. The van der Waals surface area contributed by atoms with Crippen molar-refractivity contribution in [3.8, 4) is 0 Å². The third-order valence-electron chi connectivity index (χ3n) is 3.79. The van der Waals surface area contributed by atoms with Gasteiger partial charge in [-0.05, 0) is 28.5 Å². The highest BCUT2D eigenvalue weighted by Gasteiger charge is 2.15. The topological polar surface area (TPSA) is 24.4 Å². The highest BCUT2D eigenvalue weighted by molar-refractivity contribution is 5.89. The molecule has 2 aromatic rings. The van der Waals surface area contributed by atoms with E-state index in [-0.39, 0.29) is 0 Å². The van der Waals surface area contributed by atoms with E-state index < -0.39 is 0 Å². The molecule has 0 aromatic heterocycles. The van der Waals surface area contributed by atoms with Crippen molar-refractivity contribution in [3.63, 3.8) is 0 Å². The molecule has 0 bridgehead atoms. The quantitative estimate of drug-likeness (QED) is 0.860. The maximum absolute atomic E-state index is 4.48. The van der Waals surface area contributed by atoms with Crippen LogP contribution in [0.1, 0.15) is 24.8 Å². The molecule has 1 aliphatic rings. The van der Waals surface area contributed by atoms with Gasteiger partial charge in [-0.25, -0.2) is 0 Å². The fraction of sp³-hybridized carbons (Fsp3) is 0.235. The molecule has 0 spiro atoms. The lowest BCUT2D eigenvalue weighted by Crippen LogP contribution is -1.97. The van der Waals surface area contributed by atoms with Gasteiger partial charge in [0.2, 0.25) is 0 Å². The Labute approximate surface area is 113 Å². The Bertz CT molecular complexity index is 668. The largest absolute Gasteiger partial charge is 0.388 e. The van der Waals surface area contributed by atoms with Crippen molar-refractivity contribution in [3.05, 3.63) is 53.7 Å². The van der Waals surface area contributed by atoms with Gasteiger partial charge in [-0.2, -0.15) is 0 Å². The zero-order chi connectivity index (χ0) is 13.2. The summed E-state index contributed by atoms with van der Waals surface area (Å²) in [5, 5.41) is 5.80. The average molecular weight is 250 g/mol. The van der Waals surface area contributed by atoms with Gasteiger partial charge in [0.05, 0.1) is 0 Å². The van der Waals surface area contributed by atoms with Crippen LogP contribution in [0.3, 0.4) is 0 Å². The zero-order valence-corrected chi connectivity index (χ0v) is 11.4. The van der Waals surface area contributed by atoms with Crippen LogP contribution in [0.4, 0.5) is 5.69 Å². The molecule has 1 N–H and O–H groups in total. The van der Waals surface area contributed by atoms with E-state index in [0.717, 1.165) is 12.1 Å². The Morgan fingerprint density at radius 3 is 2.84 bits per heavy atom.